The summed E-state index contributed by atoms with van der Waals surface area (Å²) in [5.74, 6) is -0.785. The Bertz CT molecular complexity index is 1020. The first-order valence-corrected chi connectivity index (χ1v) is 8.83. The molecule has 2 N–H and O–H groups in total. The molecule has 3 aromatic heterocycles. The Kier molecular flexibility index (Phi) is 5.12. The molecule has 0 unspecified atom stereocenters. The van der Waals surface area contributed by atoms with Crippen LogP contribution < -0.4 is 16.4 Å². The summed E-state index contributed by atoms with van der Waals surface area (Å²) in [5, 5.41) is 6.52. The molecule has 9 nitrogen and oxygen atoms in total. The lowest BCUT2D eigenvalue weighted by Crippen LogP contribution is -2.43. The lowest BCUT2D eigenvalue weighted by atomic mass is 10.3. The second-order valence-electron chi connectivity index (χ2n) is 5.81. The van der Waals surface area contributed by atoms with Crippen LogP contribution in [-0.4, -0.2) is 31.1 Å². The Morgan fingerprint density at radius 3 is 2.73 bits per heavy atom. The number of aromatic nitrogens is 4. The normalized spacial score (nSPS) is 10.8. The molecular formula is C16H18N6O3S. The van der Waals surface area contributed by atoms with Gasteiger partial charge in [0, 0.05) is 18.7 Å². The molecule has 0 saturated heterocycles. The van der Waals surface area contributed by atoms with Gasteiger partial charge in [-0.25, -0.2) is 4.98 Å². The zero-order chi connectivity index (χ0) is 18.7. The smallest absolute Gasteiger partial charge is 0.262 e. The van der Waals surface area contributed by atoms with Gasteiger partial charge in [-0.15, -0.1) is 11.3 Å². The molecule has 136 valence electrons. The molecule has 0 bridgehead atoms. The van der Waals surface area contributed by atoms with Gasteiger partial charge >= 0.3 is 0 Å². The lowest BCUT2D eigenvalue weighted by Gasteiger charge is -2.09. The van der Waals surface area contributed by atoms with Crippen molar-refractivity contribution in [2.75, 3.05) is 0 Å². The summed E-state index contributed by atoms with van der Waals surface area (Å²) in [6.07, 6.45) is 1.47. The lowest BCUT2D eigenvalue weighted by molar-refractivity contribution is -0.129. The highest BCUT2D eigenvalue weighted by atomic mass is 32.1. The summed E-state index contributed by atoms with van der Waals surface area (Å²) < 4.78 is 2.93. The van der Waals surface area contributed by atoms with E-state index in [1.165, 1.54) is 22.2 Å². The Morgan fingerprint density at radius 2 is 2.00 bits per heavy atom. The molecule has 0 fully saturated rings. The zero-order valence-electron chi connectivity index (χ0n) is 14.4. The summed E-state index contributed by atoms with van der Waals surface area (Å²) >= 11 is 1.39. The van der Waals surface area contributed by atoms with E-state index in [2.05, 4.69) is 20.9 Å². The largest absolute Gasteiger partial charge is 0.298 e. The molecule has 0 saturated carbocycles. The van der Waals surface area contributed by atoms with E-state index < -0.39 is 5.91 Å². The van der Waals surface area contributed by atoms with E-state index in [0.717, 1.165) is 11.4 Å². The van der Waals surface area contributed by atoms with Gasteiger partial charge in [0.05, 0.1) is 17.4 Å². The Hall–Kier alpha value is -3.01. The van der Waals surface area contributed by atoms with Gasteiger partial charge in [-0.05, 0) is 31.4 Å². The molecule has 0 spiro atoms. The van der Waals surface area contributed by atoms with Crippen LogP contribution in [0.25, 0.3) is 10.2 Å². The number of aryl methyl sites for hydroxylation is 3. The van der Waals surface area contributed by atoms with Crippen LogP contribution in [0.5, 0.6) is 0 Å². The Labute approximate surface area is 152 Å². The number of hydrogen-bond donors (Lipinski definition) is 2. The van der Waals surface area contributed by atoms with Crippen LogP contribution in [-0.2, 0) is 22.7 Å². The van der Waals surface area contributed by atoms with Gasteiger partial charge in [0.15, 0.2) is 0 Å². The van der Waals surface area contributed by atoms with Crippen LogP contribution in [0.2, 0.25) is 0 Å². The van der Waals surface area contributed by atoms with Crippen molar-refractivity contribution in [2.45, 2.75) is 33.4 Å². The summed E-state index contributed by atoms with van der Waals surface area (Å²) in [6, 6.07) is 3.58. The second kappa shape index (κ2) is 7.48. The van der Waals surface area contributed by atoms with Crippen LogP contribution in [0, 0.1) is 13.8 Å². The van der Waals surface area contributed by atoms with Crippen LogP contribution >= 0.6 is 11.3 Å². The third kappa shape index (κ3) is 3.97. The maximum absolute atomic E-state index is 12.2. The predicted molar refractivity (Wildman–Crippen MR) is 96.5 cm³/mol. The van der Waals surface area contributed by atoms with E-state index in [1.54, 1.807) is 16.1 Å². The van der Waals surface area contributed by atoms with E-state index in [0.29, 0.717) is 10.2 Å². The SMILES string of the molecule is Cc1cc(C)n(CC(=O)NNC(=O)CCn2cnc3sccc3c2=O)n1. The number of fused-ring (bicyclic) bond motifs is 1. The minimum Gasteiger partial charge on any atom is -0.298 e. The van der Waals surface area contributed by atoms with Crippen LogP contribution in [0.3, 0.4) is 0 Å². The second-order valence-corrected chi connectivity index (χ2v) is 6.71. The van der Waals surface area contributed by atoms with Gasteiger partial charge in [-0.3, -0.25) is 34.5 Å². The Balaban J connectivity index is 1.49. The molecule has 3 rings (SSSR count). The number of carbonyl (C=O) groups is 2. The quantitative estimate of drug-likeness (QED) is 0.632. The average Bonchev–Trinajstić information content (AvgIpc) is 3.19. The van der Waals surface area contributed by atoms with Crippen LogP contribution in [0.1, 0.15) is 17.8 Å². The summed E-state index contributed by atoms with van der Waals surface area (Å²) in [7, 11) is 0. The van der Waals surface area contributed by atoms with Crippen molar-refractivity contribution in [1.82, 2.24) is 30.2 Å². The van der Waals surface area contributed by atoms with E-state index in [9.17, 15) is 14.4 Å². The van der Waals surface area contributed by atoms with Gasteiger partial charge in [-0.2, -0.15) is 5.10 Å². The van der Waals surface area contributed by atoms with E-state index in [1.807, 2.05) is 19.9 Å². The summed E-state index contributed by atoms with van der Waals surface area (Å²) in [4.78, 5) is 40.8. The van der Waals surface area contributed by atoms with Crippen LogP contribution in [0.15, 0.2) is 28.6 Å². The van der Waals surface area contributed by atoms with Gasteiger partial charge in [0.1, 0.15) is 11.4 Å². The highest BCUT2D eigenvalue weighted by Gasteiger charge is 2.10. The zero-order valence-corrected chi connectivity index (χ0v) is 15.2. The first-order chi connectivity index (χ1) is 12.4. The molecule has 0 aliphatic heterocycles. The number of rotatable bonds is 5. The fourth-order valence-electron chi connectivity index (χ4n) is 2.49. The molecule has 0 aromatic carbocycles. The fourth-order valence-corrected chi connectivity index (χ4v) is 3.21. The molecule has 10 heteroatoms. The number of nitrogens with one attached hydrogen (secondary N) is 2. The topological polar surface area (TPSA) is 111 Å². The van der Waals surface area contributed by atoms with E-state index in [4.69, 9.17) is 0 Å². The number of thiophene rings is 1. The molecule has 3 heterocycles. The molecular weight excluding hydrogens is 356 g/mol. The maximum atomic E-state index is 12.2. The first kappa shape index (κ1) is 17.8. The van der Waals surface area contributed by atoms with E-state index in [-0.39, 0.29) is 31.0 Å². The molecule has 0 atom stereocenters. The highest BCUT2D eigenvalue weighted by molar-refractivity contribution is 7.16. The molecule has 0 radical (unpaired) electrons. The number of nitrogens with zero attached hydrogens (tertiary/aromatic N) is 4. The first-order valence-electron chi connectivity index (χ1n) is 7.95. The molecule has 26 heavy (non-hydrogen) atoms. The summed E-state index contributed by atoms with van der Waals surface area (Å²) in [5.41, 5.74) is 6.18. The minimum absolute atomic E-state index is 0.0121. The van der Waals surface area contributed by atoms with Crippen molar-refractivity contribution in [1.29, 1.82) is 0 Å². The predicted octanol–water partition coefficient (Wildman–Crippen LogP) is 0.509. The van der Waals surface area contributed by atoms with Gasteiger partial charge in [-0.1, -0.05) is 0 Å². The average molecular weight is 374 g/mol. The van der Waals surface area contributed by atoms with Gasteiger partial charge in [0.2, 0.25) is 5.91 Å². The van der Waals surface area contributed by atoms with Crippen LogP contribution in [0.4, 0.5) is 0 Å². The van der Waals surface area contributed by atoms with Gasteiger partial charge < -0.3 is 0 Å². The number of hydrogen-bond acceptors (Lipinski definition) is 6. The monoisotopic (exact) mass is 374 g/mol. The maximum Gasteiger partial charge on any atom is 0.262 e. The standard InChI is InChI=1S/C16H18N6O3S/c1-10-7-11(2)22(20-10)8-14(24)19-18-13(23)3-5-21-9-17-15-12(16(21)25)4-6-26-15/h4,6-7,9H,3,5,8H2,1-2H3,(H,18,23)(H,19,24). The molecule has 3 aromatic rings. The molecule has 0 aliphatic rings. The van der Waals surface area contributed by atoms with Crippen molar-refractivity contribution in [2.24, 2.45) is 0 Å². The third-order valence-electron chi connectivity index (χ3n) is 3.77. The number of hydrazine groups is 1. The molecule has 0 aliphatic carbocycles. The minimum atomic E-state index is -0.399. The van der Waals surface area contributed by atoms with Crippen molar-refractivity contribution < 1.29 is 9.59 Å². The number of carbonyl (C=O) groups excluding carboxylic acids is 2. The summed E-state index contributed by atoms with van der Waals surface area (Å²) in [6.45, 7) is 3.88. The van der Waals surface area contributed by atoms with Gasteiger partial charge in [0.25, 0.3) is 11.5 Å². The molecule has 2 amide bonds. The third-order valence-corrected chi connectivity index (χ3v) is 4.59. The van der Waals surface area contributed by atoms with Crippen molar-refractivity contribution in [3.05, 3.63) is 45.6 Å². The van der Waals surface area contributed by atoms with Crippen molar-refractivity contribution >= 4 is 33.4 Å². The van der Waals surface area contributed by atoms with E-state index >= 15 is 0 Å². The highest BCUT2D eigenvalue weighted by Crippen LogP contribution is 2.13. The van der Waals surface area contributed by atoms with Crippen molar-refractivity contribution in [3.63, 3.8) is 0 Å². The Morgan fingerprint density at radius 1 is 1.23 bits per heavy atom. The fraction of sp³-hybridized carbons (Fsp3) is 0.312. The number of amides is 2. The van der Waals surface area contributed by atoms with Crippen molar-refractivity contribution in [3.8, 4) is 0 Å².